The molecule has 0 saturated carbocycles. The molecule has 3 aromatic rings. The molecule has 1 amide bonds. The number of pyridine rings is 1. The third-order valence-electron chi connectivity index (χ3n) is 3.45. The van der Waals surface area contributed by atoms with Crippen molar-refractivity contribution in [2.75, 3.05) is 0 Å². The van der Waals surface area contributed by atoms with Crippen molar-refractivity contribution in [2.45, 2.75) is 26.3 Å². The van der Waals surface area contributed by atoms with Gasteiger partial charge in [0.1, 0.15) is 0 Å². The molecule has 0 spiro atoms. The summed E-state index contributed by atoms with van der Waals surface area (Å²) in [5.74, 6) is -0.222. The predicted octanol–water partition coefficient (Wildman–Crippen LogP) is 2.31. The number of nitrogens with zero attached hydrogens (tertiary/aromatic N) is 4. The highest BCUT2D eigenvalue weighted by Gasteiger charge is 2.17. The van der Waals surface area contributed by atoms with Gasteiger partial charge in [-0.2, -0.15) is 5.10 Å². The second-order valence-electron chi connectivity index (χ2n) is 5.09. The molecule has 3 heterocycles. The molecule has 0 bridgehead atoms. The summed E-state index contributed by atoms with van der Waals surface area (Å²) in [6.45, 7) is 3.95. The van der Waals surface area contributed by atoms with E-state index in [1.54, 1.807) is 29.0 Å². The molecule has 3 rings (SSSR count). The molecule has 0 saturated heterocycles. The van der Waals surface area contributed by atoms with Gasteiger partial charge in [-0.15, -0.1) is 0 Å². The minimum absolute atomic E-state index is 0.134. The van der Waals surface area contributed by atoms with Crippen LogP contribution in [-0.4, -0.2) is 25.5 Å². The molecule has 0 aliphatic heterocycles. The lowest BCUT2D eigenvalue weighted by Gasteiger charge is -2.16. The molecule has 6 heteroatoms. The molecule has 0 fully saturated rings. The standard InChI is InChI=1S/C16H17N5O/c1-3-12(13-7-4-6-11(2)18-13)19-16(22)14-10-15-17-8-5-9-21(15)20-14/h4-10,12H,3H2,1-2H3,(H,19,22). The molecule has 3 aromatic heterocycles. The fourth-order valence-corrected chi connectivity index (χ4v) is 2.32. The number of hydrogen-bond acceptors (Lipinski definition) is 4. The Kier molecular flexibility index (Phi) is 3.82. The topological polar surface area (TPSA) is 72.2 Å². The molecule has 0 aliphatic rings. The number of carbonyl (C=O) groups excluding carboxylic acids is 1. The van der Waals surface area contributed by atoms with Gasteiger partial charge in [0.15, 0.2) is 11.3 Å². The van der Waals surface area contributed by atoms with Gasteiger partial charge in [-0.25, -0.2) is 9.50 Å². The summed E-state index contributed by atoms with van der Waals surface area (Å²) in [5.41, 5.74) is 2.79. The molecule has 0 aliphatic carbocycles. The maximum Gasteiger partial charge on any atom is 0.272 e. The molecule has 1 unspecified atom stereocenters. The summed E-state index contributed by atoms with van der Waals surface area (Å²) in [5, 5.41) is 7.22. The van der Waals surface area contributed by atoms with E-state index in [2.05, 4.69) is 20.4 Å². The fourth-order valence-electron chi connectivity index (χ4n) is 2.32. The molecule has 6 nitrogen and oxygen atoms in total. The predicted molar refractivity (Wildman–Crippen MR) is 82.5 cm³/mol. The normalized spacial score (nSPS) is 12.3. The van der Waals surface area contributed by atoms with E-state index >= 15 is 0 Å². The Bertz CT molecular complexity index is 778. The van der Waals surface area contributed by atoms with Crippen molar-refractivity contribution in [1.82, 2.24) is 24.9 Å². The molecular formula is C16H17N5O. The van der Waals surface area contributed by atoms with Crippen LogP contribution < -0.4 is 5.32 Å². The Balaban J connectivity index is 1.82. The SMILES string of the molecule is CCC(NC(=O)c1cc2ncccn2n1)c1cccc(C)n1. The smallest absolute Gasteiger partial charge is 0.272 e. The Hall–Kier alpha value is -2.76. The zero-order valence-corrected chi connectivity index (χ0v) is 12.5. The maximum atomic E-state index is 12.4. The molecule has 0 radical (unpaired) electrons. The largest absolute Gasteiger partial charge is 0.342 e. The average Bonchev–Trinajstić information content (AvgIpc) is 2.96. The van der Waals surface area contributed by atoms with Crippen LogP contribution in [-0.2, 0) is 0 Å². The third kappa shape index (κ3) is 2.81. The Morgan fingerprint density at radius 1 is 1.36 bits per heavy atom. The van der Waals surface area contributed by atoms with E-state index in [-0.39, 0.29) is 11.9 Å². The Morgan fingerprint density at radius 2 is 2.23 bits per heavy atom. The van der Waals surface area contributed by atoms with E-state index in [0.29, 0.717) is 11.3 Å². The summed E-state index contributed by atoms with van der Waals surface area (Å²) < 4.78 is 1.58. The second-order valence-corrected chi connectivity index (χ2v) is 5.09. The molecule has 112 valence electrons. The van der Waals surface area contributed by atoms with Crippen LogP contribution in [0.2, 0.25) is 0 Å². The van der Waals surface area contributed by atoms with Gasteiger partial charge in [0.25, 0.3) is 5.91 Å². The van der Waals surface area contributed by atoms with Crippen LogP contribution in [0.5, 0.6) is 0 Å². The molecule has 22 heavy (non-hydrogen) atoms. The van der Waals surface area contributed by atoms with Crippen LogP contribution in [0.1, 0.15) is 41.3 Å². The van der Waals surface area contributed by atoms with Crippen molar-refractivity contribution in [3.8, 4) is 0 Å². The summed E-state index contributed by atoms with van der Waals surface area (Å²) in [6.07, 6.45) is 4.19. The van der Waals surface area contributed by atoms with Crippen LogP contribution in [0.15, 0.2) is 42.7 Å². The van der Waals surface area contributed by atoms with Crippen molar-refractivity contribution in [3.05, 3.63) is 59.8 Å². The number of fused-ring (bicyclic) bond motifs is 1. The number of rotatable bonds is 4. The van der Waals surface area contributed by atoms with Gasteiger partial charge in [0.2, 0.25) is 0 Å². The lowest BCUT2D eigenvalue weighted by atomic mass is 10.1. The third-order valence-corrected chi connectivity index (χ3v) is 3.45. The first-order valence-electron chi connectivity index (χ1n) is 7.22. The molecule has 1 N–H and O–H groups in total. The van der Waals surface area contributed by atoms with Crippen molar-refractivity contribution >= 4 is 11.6 Å². The Morgan fingerprint density at radius 3 is 2.95 bits per heavy atom. The number of nitrogens with one attached hydrogen (secondary N) is 1. The van der Waals surface area contributed by atoms with Gasteiger partial charge in [0, 0.05) is 24.2 Å². The number of hydrogen-bond donors (Lipinski definition) is 1. The number of aryl methyl sites for hydroxylation is 1. The van der Waals surface area contributed by atoms with Crippen LogP contribution in [0, 0.1) is 6.92 Å². The first kappa shape index (κ1) is 14.2. The van der Waals surface area contributed by atoms with E-state index in [1.165, 1.54) is 0 Å². The first-order chi connectivity index (χ1) is 10.7. The van der Waals surface area contributed by atoms with E-state index in [4.69, 9.17) is 0 Å². The number of aromatic nitrogens is 4. The maximum absolute atomic E-state index is 12.4. The molecular weight excluding hydrogens is 278 g/mol. The quantitative estimate of drug-likeness (QED) is 0.801. The van der Waals surface area contributed by atoms with Crippen LogP contribution in [0.3, 0.4) is 0 Å². The summed E-state index contributed by atoms with van der Waals surface area (Å²) in [4.78, 5) is 21.0. The highest BCUT2D eigenvalue weighted by atomic mass is 16.2. The second kappa shape index (κ2) is 5.93. The first-order valence-corrected chi connectivity index (χ1v) is 7.22. The van der Waals surface area contributed by atoms with Crippen LogP contribution in [0.4, 0.5) is 0 Å². The summed E-state index contributed by atoms with van der Waals surface area (Å²) in [6, 6.07) is 9.11. The van der Waals surface area contributed by atoms with Gasteiger partial charge in [0.05, 0.1) is 11.7 Å². The lowest BCUT2D eigenvalue weighted by Crippen LogP contribution is -2.29. The van der Waals surface area contributed by atoms with Crippen molar-refractivity contribution in [2.24, 2.45) is 0 Å². The highest BCUT2D eigenvalue weighted by Crippen LogP contribution is 2.15. The zero-order valence-electron chi connectivity index (χ0n) is 12.5. The average molecular weight is 295 g/mol. The molecule has 1 atom stereocenters. The van der Waals surface area contributed by atoms with Crippen LogP contribution >= 0.6 is 0 Å². The van der Waals surface area contributed by atoms with E-state index in [9.17, 15) is 4.79 Å². The highest BCUT2D eigenvalue weighted by molar-refractivity contribution is 5.93. The minimum atomic E-state index is -0.222. The van der Waals surface area contributed by atoms with Crippen molar-refractivity contribution < 1.29 is 4.79 Å². The number of carbonyl (C=O) groups is 1. The van der Waals surface area contributed by atoms with Gasteiger partial charge in [-0.3, -0.25) is 9.78 Å². The lowest BCUT2D eigenvalue weighted by molar-refractivity contribution is 0.0929. The van der Waals surface area contributed by atoms with Gasteiger partial charge in [-0.1, -0.05) is 13.0 Å². The van der Waals surface area contributed by atoms with E-state index in [1.807, 2.05) is 32.0 Å². The summed E-state index contributed by atoms with van der Waals surface area (Å²) in [7, 11) is 0. The minimum Gasteiger partial charge on any atom is -0.342 e. The fraction of sp³-hybridized carbons (Fsp3) is 0.250. The van der Waals surface area contributed by atoms with Gasteiger partial charge in [-0.05, 0) is 31.5 Å². The summed E-state index contributed by atoms with van der Waals surface area (Å²) >= 11 is 0. The van der Waals surface area contributed by atoms with Gasteiger partial charge < -0.3 is 5.32 Å². The Labute approximate surface area is 128 Å². The monoisotopic (exact) mass is 295 g/mol. The van der Waals surface area contributed by atoms with Gasteiger partial charge >= 0.3 is 0 Å². The zero-order chi connectivity index (χ0) is 15.5. The van der Waals surface area contributed by atoms with Crippen molar-refractivity contribution in [1.29, 1.82) is 0 Å². The van der Waals surface area contributed by atoms with Crippen molar-refractivity contribution in [3.63, 3.8) is 0 Å². The van der Waals surface area contributed by atoms with E-state index < -0.39 is 0 Å². The molecule has 0 aromatic carbocycles. The number of amides is 1. The van der Waals surface area contributed by atoms with Crippen LogP contribution in [0.25, 0.3) is 5.65 Å². The van der Waals surface area contributed by atoms with E-state index in [0.717, 1.165) is 17.8 Å².